The molecule has 0 radical (unpaired) electrons. The van der Waals surface area contributed by atoms with Crippen molar-refractivity contribution in [1.82, 2.24) is 4.98 Å². The maximum absolute atomic E-state index is 11.9. The van der Waals surface area contributed by atoms with Crippen molar-refractivity contribution in [2.75, 3.05) is 20.8 Å². The number of methoxy groups -OCH3 is 2. The summed E-state index contributed by atoms with van der Waals surface area (Å²) in [6, 6.07) is 6.90. The van der Waals surface area contributed by atoms with Crippen LogP contribution in [0.4, 0.5) is 0 Å². The lowest BCUT2D eigenvalue weighted by Crippen LogP contribution is -2.08. The molecule has 1 aromatic heterocycles. The highest BCUT2D eigenvalue weighted by Gasteiger charge is 2.17. The number of hydrogen-bond donors (Lipinski definition) is 0. The van der Waals surface area contributed by atoms with E-state index in [4.69, 9.17) is 18.9 Å². The van der Waals surface area contributed by atoms with Gasteiger partial charge in [0, 0.05) is 11.8 Å². The van der Waals surface area contributed by atoms with Gasteiger partial charge in [-0.05, 0) is 45.0 Å². The molecule has 6 heteroatoms. The van der Waals surface area contributed by atoms with Crippen LogP contribution < -0.4 is 14.2 Å². The zero-order chi connectivity index (χ0) is 18.4. The lowest BCUT2D eigenvalue weighted by molar-refractivity contribution is 0.0526. The van der Waals surface area contributed by atoms with E-state index in [9.17, 15) is 4.79 Å². The summed E-state index contributed by atoms with van der Waals surface area (Å²) in [5.41, 5.74) is 1.79. The van der Waals surface area contributed by atoms with Crippen molar-refractivity contribution in [1.29, 1.82) is 0 Å². The normalized spacial score (nSPS) is 10.5. The number of pyridine rings is 1. The van der Waals surface area contributed by atoms with Crippen LogP contribution in [-0.2, 0) is 4.74 Å². The Morgan fingerprint density at radius 1 is 1.12 bits per heavy atom. The molecule has 0 N–H and O–H groups in total. The molecule has 0 bridgehead atoms. The Kier molecular flexibility index (Phi) is 6.22. The highest BCUT2D eigenvalue weighted by molar-refractivity contribution is 5.90. The molecule has 0 amide bonds. The van der Waals surface area contributed by atoms with Gasteiger partial charge < -0.3 is 18.9 Å². The molecule has 0 fully saturated rings. The maximum Gasteiger partial charge on any atom is 0.338 e. The van der Waals surface area contributed by atoms with Gasteiger partial charge in [-0.15, -0.1) is 0 Å². The third-order valence-electron chi connectivity index (χ3n) is 3.38. The number of aromatic nitrogens is 1. The predicted octanol–water partition coefficient (Wildman–Crippen LogP) is 3.73. The van der Waals surface area contributed by atoms with Gasteiger partial charge in [-0.3, -0.25) is 4.98 Å². The van der Waals surface area contributed by atoms with E-state index in [0.29, 0.717) is 35.1 Å². The van der Waals surface area contributed by atoms with E-state index in [1.54, 1.807) is 51.6 Å². The first-order valence-corrected chi connectivity index (χ1v) is 8.06. The zero-order valence-corrected chi connectivity index (χ0v) is 15.2. The number of esters is 1. The molecule has 0 aliphatic carbocycles. The predicted molar refractivity (Wildman–Crippen MR) is 94.5 cm³/mol. The van der Waals surface area contributed by atoms with Gasteiger partial charge in [0.25, 0.3) is 0 Å². The molecule has 0 aliphatic heterocycles. The van der Waals surface area contributed by atoms with Gasteiger partial charge in [0.15, 0.2) is 11.5 Å². The van der Waals surface area contributed by atoms with Crippen LogP contribution in [-0.4, -0.2) is 37.9 Å². The molecule has 0 atom stereocenters. The first kappa shape index (κ1) is 18.6. The molecule has 0 aliphatic rings. The average Bonchev–Trinajstić information content (AvgIpc) is 2.61. The van der Waals surface area contributed by atoms with Crippen LogP contribution in [0.15, 0.2) is 30.5 Å². The lowest BCUT2D eigenvalue weighted by Gasteiger charge is -2.18. The minimum atomic E-state index is -0.384. The van der Waals surface area contributed by atoms with E-state index in [1.807, 2.05) is 13.8 Å². The number of carbonyl (C=O) groups excluding carboxylic acids is 1. The van der Waals surface area contributed by atoms with Gasteiger partial charge in [0.1, 0.15) is 0 Å². The van der Waals surface area contributed by atoms with Crippen LogP contribution in [0.1, 0.15) is 31.1 Å². The number of nitrogens with zero attached hydrogens (tertiary/aromatic N) is 1. The van der Waals surface area contributed by atoms with Crippen molar-refractivity contribution in [3.05, 3.63) is 36.0 Å². The minimum Gasteiger partial charge on any atom is -0.493 e. The summed E-state index contributed by atoms with van der Waals surface area (Å²) in [6.45, 7) is 5.94. The molecular formula is C19H23NO5. The second-order valence-electron chi connectivity index (χ2n) is 5.53. The van der Waals surface area contributed by atoms with Crippen LogP contribution in [0.25, 0.3) is 11.3 Å². The second kappa shape index (κ2) is 8.37. The summed E-state index contributed by atoms with van der Waals surface area (Å²) < 4.78 is 21.7. The second-order valence-corrected chi connectivity index (χ2v) is 5.53. The molecule has 0 saturated carbocycles. The van der Waals surface area contributed by atoms with Crippen molar-refractivity contribution in [3.63, 3.8) is 0 Å². The van der Waals surface area contributed by atoms with E-state index >= 15 is 0 Å². The molecule has 0 spiro atoms. The number of rotatable bonds is 7. The lowest BCUT2D eigenvalue weighted by atomic mass is 10.1. The van der Waals surface area contributed by atoms with Crippen molar-refractivity contribution >= 4 is 5.97 Å². The van der Waals surface area contributed by atoms with Gasteiger partial charge >= 0.3 is 5.97 Å². The third-order valence-corrected chi connectivity index (χ3v) is 3.38. The van der Waals surface area contributed by atoms with Crippen molar-refractivity contribution in [3.8, 4) is 28.5 Å². The zero-order valence-electron chi connectivity index (χ0n) is 15.2. The number of carbonyl (C=O) groups is 1. The SMILES string of the molecule is CCOC(=O)c1ccnc(-c2cc(OC)c(OC(C)C)c(OC)c2)c1. The van der Waals surface area contributed by atoms with Crippen LogP contribution in [0.5, 0.6) is 17.2 Å². The van der Waals surface area contributed by atoms with Gasteiger partial charge in [-0.1, -0.05) is 0 Å². The topological polar surface area (TPSA) is 66.9 Å². The molecule has 1 heterocycles. The van der Waals surface area contributed by atoms with E-state index < -0.39 is 0 Å². The van der Waals surface area contributed by atoms with E-state index in [1.165, 1.54) is 0 Å². The highest BCUT2D eigenvalue weighted by atomic mass is 16.5. The molecule has 0 unspecified atom stereocenters. The molecule has 25 heavy (non-hydrogen) atoms. The van der Waals surface area contributed by atoms with Gasteiger partial charge in [0.05, 0.1) is 38.2 Å². The van der Waals surface area contributed by atoms with Gasteiger partial charge in [-0.25, -0.2) is 4.79 Å². The molecule has 6 nitrogen and oxygen atoms in total. The number of benzene rings is 1. The van der Waals surface area contributed by atoms with Crippen molar-refractivity contribution < 1.29 is 23.7 Å². The average molecular weight is 345 g/mol. The Balaban J connectivity index is 2.49. The number of hydrogen-bond acceptors (Lipinski definition) is 6. The molecule has 2 aromatic rings. The molecule has 0 saturated heterocycles. The van der Waals surface area contributed by atoms with E-state index in [0.717, 1.165) is 5.56 Å². The summed E-state index contributed by atoms with van der Waals surface area (Å²) >= 11 is 0. The first-order valence-electron chi connectivity index (χ1n) is 8.06. The summed E-state index contributed by atoms with van der Waals surface area (Å²) in [5, 5.41) is 0. The third kappa shape index (κ3) is 4.41. The molecule has 1 aromatic carbocycles. The summed E-state index contributed by atoms with van der Waals surface area (Å²) in [6.07, 6.45) is 1.54. The van der Waals surface area contributed by atoms with Gasteiger partial charge in [0.2, 0.25) is 5.75 Å². The largest absolute Gasteiger partial charge is 0.493 e. The van der Waals surface area contributed by atoms with E-state index in [-0.39, 0.29) is 12.1 Å². The monoisotopic (exact) mass is 345 g/mol. The Morgan fingerprint density at radius 2 is 1.76 bits per heavy atom. The van der Waals surface area contributed by atoms with Crippen molar-refractivity contribution in [2.45, 2.75) is 26.9 Å². The maximum atomic E-state index is 11.9. The summed E-state index contributed by atoms with van der Waals surface area (Å²) in [7, 11) is 3.13. The minimum absolute atomic E-state index is 0.0288. The van der Waals surface area contributed by atoms with E-state index in [2.05, 4.69) is 4.98 Å². The molecule has 134 valence electrons. The Labute approximate surface area is 147 Å². The standard InChI is InChI=1S/C19H23NO5/c1-6-24-19(21)13-7-8-20-15(9-13)14-10-16(22-4)18(25-12(2)3)17(11-14)23-5/h7-12H,6H2,1-5H3. The Morgan fingerprint density at radius 3 is 2.28 bits per heavy atom. The highest BCUT2D eigenvalue weighted by Crippen LogP contribution is 2.41. The fraction of sp³-hybridized carbons (Fsp3) is 0.368. The molecular weight excluding hydrogens is 322 g/mol. The Bertz CT molecular complexity index is 717. The van der Waals surface area contributed by atoms with Crippen LogP contribution in [0.3, 0.4) is 0 Å². The fourth-order valence-corrected chi connectivity index (χ4v) is 2.31. The number of ether oxygens (including phenoxy) is 4. The van der Waals surface area contributed by atoms with Crippen molar-refractivity contribution in [2.24, 2.45) is 0 Å². The molecule has 2 rings (SSSR count). The van der Waals surface area contributed by atoms with Crippen LogP contribution in [0, 0.1) is 0 Å². The summed E-state index contributed by atoms with van der Waals surface area (Å²) in [4.78, 5) is 16.3. The van der Waals surface area contributed by atoms with Crippen LogP contribution >= 0.6 is 0 Å². The summed E-state index contributed by atoms with van der Waals surface area (Å²) in [5.74, 6) is 1.22. The van der Waals surface area contributed by atoms with Crippen LogP contribution in [0.2, 0.25) is 0 Å². The quantitative estimate of drug-likeness (QED) is 0.712. The Hall–Kier alpha value is -2.76. The first-order chi connectivity index (χ1) is 12.0. The van der Waals surface area contributed by atoms with Gasteiger partial charge in [-0.2, -0.15) is 0 Å². The fourth-order valence-electron chi connectivity index (χ4n) is 2.31. The smallest absolute Gasteiger partial charge is 0.338 e.